The number of nitrogen functional groups attached to an aromatic ring is 2. The third kappa shape index (κ3) is 4.58. The van der Waals surface area contributed by atoms with Crippen molar-refractivity contribution in [1.82, 2.24) is 15.0 Å². The second kappa shape index (κ2) is 8.76. The molecule has 2 aromatic rings. The molecular weight excluding hydrogens is 326 g/mol. The molecule has 0 aliphatic heterocycles. The normalized spacial score (nSPS) is 12.3. The van der Waals surface area contributed by atoms with Crippen molar-refractivity contribution in [2.75, 3.05) is 18.1 Å². The summed E-state index contributed by atoms with van der Waals surface area (Å²) >= 11 is 0. The lowest BCUT2D eigenvalue weighted by Gasteiger charge is -2.22. The van der Waals surface area contributed by atoms with Crippen molar-refractivity contribution in [1.29, 1.82) is 0 Å². The number of hydrogen-bond acceptors (Lipinski definition) is 6. The first-order chi connectivity index (χ1) is 12.3. The molecule has 1 unspecified atom stereocenters. The first-order valence-electron chi connectivity index (χ1n) is 8.95. The number of nitrogens with two attached hydrogens (primary N) is 2. The van der Waals surface area contributed by atoms with Crippen LogP contribution in [0.5, 0.6) is 0 Å². The van der Waals surface area contributed by atoms with Crippen molar-refractivity contribution >= 4 is 11.6 Å². The van der Waals surface area contributed by atoms with Gasteiger partial charge in [0.2, 0.25) is 0 Å². The van der Waals surface area contributed by atoms with Crippen molar-refractivity contribution in [2.24, 2.45) is 0 Å². The van der Waals surface area contributed by atoms with Crippen LogP contribution in [0.1, 0.15) is 68.0 Å². The topological polar surface area (TPSA) is 111 Å². The molecule has 0 aliphatic carbocycles. The molecule has 0 amide bonds. The summed E-state index contributed by atoms with van der Waals surface area (Å²) in [5.41, 5.74) is 16.8. The van der Waals surface area contributed by atoms with Crippen LogP contribution >= 0.6 is 0 Å². The molecule has 0 bridgehead atoms. The van der Waals surface area contributed by atoms with E-state index >= 15 is 0 Å². The van der Waals surface area contributed by atoms with E-state index in [1.165, 1.54) is 0 Å². The fourth-order valence-corrected chi connectivity index (χ4v) is 3.18. The van der Waals surface area contributed by atoms with E-state index in [9.17, 15) is 5.11 Å². The van der Waals surface area contributed by atoms with E-state index in [2.05, 4.69) is 16.5 Å². The van der Waals surface area contributed by atoms with E-state index < -0.39 is 0 Å². The van der Waals surface area contributed by atoms with Crippen molar-refractivity contribution in [2.45, 2.75) is 51.9 Å². The second-order valence-electron chi connectivity index (χ2n) is 7.00. The number of rotatable bonds is 8. The molecule has 1 atom stereocenters. The molecule has 6 nitrogen and oxygen atoms in total. The summed E-state index contributed by atoms with van der Waals surface area (Å²) in [4.78, 5) is 13.3. The van der Waals surface area contributed by atoms with Crippen LogP contribution in [0.3, 0.4) is 0 Å². The minimum Gasteiger partial charge on any atom is -0.396 e. The third-order valence-corrected chi connectivity index (χ3v) is 4.50. The maximum atomic E-state index is 9.22. The Bertz CT molecular complexity index is 773. The van der Waals surface area contributed by atoms with Gasteiger partial charge >= 0.3 is 0 Å². The highest BCUT2D eigenvalue weighted by Crippen LogP contribution is 2.34. The molecule has 0 spiro atoms. The lowest BCUT2D eigenvalue weighted by molar-refractivity contribution is 0.281. The quantitative estimate of drug-likeness (QED) is 0.627. The lowest BCUT2D eigenvalue weighted by Crippen LogP contribution is -2.12. The molecule has 2 aromatic heterocycles. The molecule has 5 N–H and O–H groups in total. The van der Waals surface area contributed by atoms with Crippen LogP contribution in [-0.2, 0) is 6.42 Å². The molecule has 0 aliphatic rings. The largest absolute Gasteiger partial charge is 0.396 e. The number of nitrogens with zero attached hydrogens (tertiary/aromatic N) is 3. The number of anilines is 2. The highest BCUT2D eigenvalue weighted by atomic mass is 16.2. The van der Waals surface area contributed by atoms with Crippen LogP contribution in [-0.4, -0.2) is 26.7 Å². The molecule has 26 heavy (non-hydrogen) atoms. The van der Waals surface area contributed by atoms with Gasteiger partial charge in [-0.15, -0.1) is 0 Å². The zero-order valence-electron chi connectivity index (χ0n) is 15.9. The van der Waals surface area contributed by atoms with Crippen LogP contribution in [0.15, 0.2) is 30.6 Å². The lowest BCUT2D eigenvalue weighted by atomic mass is 9.85. The summed E-state index contributed by atoms with van der Waals surface area (Å²) in [6, 6.07) is 1.97. The average molecular weight is 355 g/mol. The van der Waals surface area contributed by atoms with Gasteiger partial charge in [0.25, 0.3) is 0 Å². The summed E-state index contributed by atoms with van der Waals surface area (Å²) in [7, 11) is 0. The average Bonchev–Trinajstić information content (AvgIpc) is 2.58. The number of aliphatic hydroxyl groups is 1. The van der Waals surface area contributed by atoms with E-state index in [0.717, 1.165) is 34.5 Å². The zero-order chi connectivity index (χ0) is 19.3. The van der Waals surface area contributed by atoms with E-state index in [1.54, 1.807) is 12.4 Å². The number of pyridine rings is 1. The van der Waals surface area contributed by atoms with E-state index in [-0.39, 0.29) is 18.4 Å². The predicted octanol–water partition coefficient (Wildman–Crippen LogP) is 3.18. The summed E-state index contributed by atoms with van der Waals surface area (Å²) in [6.07, 6.45) is 5.48. The summed E-state index contributed by atoms with van der Waals surface area (Å²) < 4.78 is 0. The highest BCUT2D eigenvalue weighted by molar-refractivity contribution is 5.50. The number of aromatic nitrogens is 3. The van der Waals surface area contributed by atoms with Crippen LogP contribution in [0, 0.1) is 0 Å². The van der Waals surface area contributed by atoms with Crippen LogP contribution in [0.25, 0.3) is 0 Å². The van der Waals surface area contributed by atoms with Crippen LogP contribution < -0.4 is 11.5 Å². The van der Waals surface area contributed by atoms with Gasteiger partial charge < -0.3 is 16.6 Å². The van der Waals surface area contributed by atoms with Crippen molar-refractivity contribution in [3.8, 4) is 0 Å². The standard InChI is InChI=1S/C20H29N5O/c1-12(2)16(6-5-9-26)17-14(7-8-23-19(17)21)10-15-11-24-20(22)18(25-15)13(3)4/h7-8,11,13,16,26H,1,5-6,9-10H2,2-4H3,(H2,21,23)(H2,22,24). The first kappa shape index (κ1) is 19.8. The number of allylic oxidation sites excluding steroid dienone is 1. The molecule has 2 heterocycles. The molecule has 0 aromatic carbocycles. The molecule has 0 saturated heterocycles. The number of aliphatic hydroxyl groups excluding tert-OH is 1. The molecule has 0 saturated carbocycles. The Morgan fingerprint density at radius 3 is 2.58 bits per heavy atom. The van der Waals surface area contributed by atoms with E-state index in [1.807, 2.05) is 26.8 Å². The van der Waals surface area contributed by atoms with Gasteiger partial charge in [-0.05, 0) is 37.3 Å². The van der Waals surface area contributed by atoms with E-state index in [4.69, 9.17) is 16.5 Å². The Morgan fingerprint density at radius 1 is 1.23 bits per heavy atom. The van der Waals surface area contributed by atoms with Gasteiger partial charge in [0, 0.05) is 30.7 Å². The Hall–Kier alpha value is -2.47. The van der Waals surface area contributed by atoms with Crippen LogP contribution in [0.2, 0.25) is 0 Å². The first-order valence-corrected chi connectivity index (χ1v) is 8.95. The van der Waals surface area contributed by atoms with Crippen LogP contribution in [0.4, 0.5) is 11.6 Å². The molecule has 2 rings (SSSR count). The fourth-order valence-electron chi connectivity index (χ4n) is 3.18. The third-order valence-electron chi connectivity index (χ3n) is 4.50. The van der Waals surface area contributed by atoms with Gasteiger partial charge in [0.05, 0.1) is 17.6 Å². The van der Waals surface area contributed by atoms with Gasteiger partial charge in [0.1, 0.15) is 11.6 Å². The minimum atomic E-state index is 0.0529. The molecule has 0 radical (unpaired) electrons. The molecule has 0 fully saturated rings. The van der Waals surface area contributed by atoms with Gasteiger partial charge in [-0.25, -0.2) is 9.97 Å². The van der Waals surface area contributed by atoms with Crippen molar-refractivity contribution < 1.29 is 5.11 Å². The van der Waals surface area contributed by atoms with Crippen molar-refractivity contribution in [3.05, 3.63) is 53.1 Å². The Kier molecular flexibility index (Phi) is 6.69. The van der Waals surface area contributed by atoms with Gasteiger partial charge in [-0.1, -0.05) is 26.0 Å². The highest BCUT2D eigenvalue weighted by Gasteiger charge is 2.20. The van der Waals surface area contributed by atoms with Gasteiger partial charge in [-0.3, -0.25) is 4.98 Å². The molecule has 6 heteroatoms. The summed E-state index contributed by atoms with van der Waals surface area (Å²) in [5, 5.41) is 9.22. The van der Waals surface area contributed by atoms with Gasteiger partial charge in [-0.2, -0.15) is 0 Å². The maximum Gasteiger partial charge on any atom is 0.145 e. The summed E-state index contributed by atoms with van der Waals surface area (Å²) in [5.74, 6) is 1.23. The minimum absolute atomic E-state index is 0.0529. The number of hydrogen-bond donors (Lipinski definition) is 3. The Balaban J connectivity index is 2.43. The Morgan fingerprint density at radius 2 is 1.96 bits per heavy atom. The zero-order valence-corrected chi connectivity index (χ0v) is 15.9. The summed E-state index contributed by atoms with van der Waals surface area (Å²) in [6.45, 7) is 10.3. The van der Waals surface area contributed by atoms with E-state index in [0.29, 0.717) is 24.5 Å². The molecule has 140 valence electrons. The Labute approximate surface area is 155 Å². The smallest absolute Gasteiger partial charge is 0.145 e. The van der Waals surface area contributed by atoms with Crippen molar-refractivity contribution in [3.63, 3.8) is 0 Å². The fraction of sp³-hybridized carbons (Fsp3) is 0.450. The SMILES string of the molecule is C=C(C)C(CCCO)c1c(Cc2cnc(N)c(C(C)C)n2)ccnc1N. The second-order valence-corrected chi connectivity index (χ2v) is 7.00. The monoisotopic (exact) mass is 355 g/mol. The van der Waals surface area contributed by atoms with Gasteiger partial charge in [0.15, 0.2) is 0 Å². The maximum absolute atomic E-state index is 9.22. The molecular formula is C20H29N5O. The predicted molar refractivity (Wildman–Crippen MR) is 106 cm³/mol.